The standard InChI is InChI=1S/C22H24Cl2N2O2/c1-2-12-28-18-8-3-7-17(13-18)25-22(27)16-6-5-11-26(14-16)15-19-20(23)9-4-10-21(19)24/h2-4,7-10,13,16H,1,5-6,11-12,14-15H2,(H,25,27). The van der Waals surface area contributed by atoms with Crippen LogP contribution in [0.15, 0.2) is 55.1 Å². The molecule has 0 aromatic heterocycles. The number of halogens is 2. The molecule has 1 atom stereocenters. The SMILES string of the molecule is C=CCOc1cccc(NC(=O)C2CCCN(Cc3c(Cl)cccc3Cl)C2)c1. The molecule has 0 radical (unpaired) electrons. The predicted molar refractivity (Wildman–Crippen MR) is 115 cm³/mol. The van der Waals surface area contributed by atoms with Gasteiger partial charge >= 0.3 is 0 Å². The minimum Gasteiger partial charge on any atom is -0.489 e. The lowest BCUT2D eigenvalue weighted by Crippen LogP contribution is -2.40. The topological polar surface area (TPSA) is 41.6 Å². The summed E-state index contributed by atoms with van der Waals surface area (Å²) in [5.74, 6) is 0.653. The number of benzene rings is 2. The number of amides is 1. The maximum atomic E-state index is 12.8. The monoisotopic (exact) mass is 418 g/mol. The van der Waals surface area contributed by atoms with Crippen molar-refractivity contribution in [1.82, 2.24) is 4.90 Å². The molecular formula is C22H24Cl2N2O2. The molecule has 2 aromatic rings. The lowest BCUT2D eigenvalue weighted by Gasteiger charge is -2.32. The van der Waals surface area contributed by atoms with Crippen molar-refractivity contribution in [2.75, 3.05) is 25.0 Å². The van der Waals surface area contributed by atoms with Crippen LogP contribution in [0.4, 0.5) is 5.69 Å². The van der Waals surface area contributed by atoms with Crippen LogP contribution in [0.2, 0.25) is 10.0 Å². The van der Waals surface area contributed by atoms with E-state index >= 15 is 0 Å². The van der Waals surface area contributed by atoms with E-state index in [-0.39, 0.29) is 11.8 Å². The molecular weight excluding hydrogens is 395 g/mol. The van der Waals surface area contributed by atoms with Gasteiger partial charge in [-0.1, -0.05) is 48.0 Å². The Labute approximate surface area is 176 Å². The Kier molecular flexibility index (Phi) is 7.37. The molecule has 1 amide bonds. The normalized spacial score (nSPS) is 17.1. The Morgan fingerprint density at radius 1 is 1.25 bits per heavy atom. The van der Waals surface area contributed by atoms with Crippen molar-refractivity contribution in [2.24, 2.45) is 5.92 Å². The van der Waals surface area contributed by atoms with Crippen LogP contribution in [-0.2, 0) is 11.3 Å². The average Bonchev–Trinajstić information content (AvgIpc) is 2.70. The van der Waals surface area contributed by atoms with Crippen molar-refractivity contribution in [3.8, 4) is 5.75 Å². The van der Waals surface area contributed by atoms with Gasteiger partial charge in [-0.25, -0.2) is 0 Å². The fourth-order valence-electron chi connectivity index (χ4n) is 3.38. The number of rotatable bonds is 7. The molecule has 2 aromatic carbocycles. The van der Waals surface area contributed by atoms with Crippen molar-refractivity contribution in [3.63, 3.8) is 0 Å². The summed E-state index contributed by atoms with van der Waals surface area (Å²) in [5, 5.41) is 4.34. The molecule has 148 valence electrons. The molecule has 1 N–H and O–H groups in total. The number of hydrogen-bond acceptors (Lipinski definition) is 3. The first-order valence-electron chi connectivity index (χ1n) is 9.36. The van der Waals surface area contributed by atoms with Gasteiger partial charge in [-0.2, -0.15) is 0 Å². The highest BCUT2D eigenvalue weighted by Crippen LogP contribution is 2.28. The van der Waals surface area contributed by atoms with Crippen molar-refractivity contribution < 1.29 is 9.53 Å². The van der Waals surface area contributed by atoms with Crippen molar-refractivity contribution >= 4 is 34.8 Å². The number of ether oxygens (including phenoxy) is 1. The molecule has 1 aliphatic heterocycles. The van der Waals surface area contributed by atoms with Gasteiger partial charge in [-0.3, -0.25) is 9.69 Å². The zero-order valence-corrected chi connectivity index (χ0v) is 17.2. The molecule has 0 aliphatic carbocycles. The van der Waals surface area contributed by atoms with Crippen LogP contribution in [0.3, 0.4) is 0 Å². The second kappa shape index (κ2) is 9.97. The van der Waals surface area contributed by atoms with Gasteiger partial charge in [0.25, 0.3) is 0 Å². The molecule has 6 heteroatoms. The van der Waals surface area contributed by atoms with Gasteiger partial charge in [0, 0.05) is 40.5 Å². The number of piperidine rings is 1. The molecule has 28 heavy (non-hydrogen) atoms. The summed E-state index contributed by atoms with van der Waals surface area (Å²) in [7, 11) is 0. The van der Waals surface area contributed by atoms with Crippen molar-refractivity contribution in [2.45, 2.75) is 19.4 Å². The number of likely N-dealkylation sites (tertiary alicyclic amines) is 1. The summed E-state index contributed by atoms with van der Waals surface area (Å²) in [6, 6.07) is 12.9. The van der Waals surface area contributed by atoms with E-state index in [0.29, 0.717) is 35.5 Å². The summed E-state index contributed by atoms with van der Waals surface area (Å²) in [5.41, 5.74) is 1.65. The first-order chi connectivity index (χ1) is 13.6. The van der Waals surface area contributed by atoms with Crippen LogP contribution in [0.1, 0.15) is 18.4 Å². The Bertz CT molecular complexity index is 821. The Morgan fingerprint density at radius 2 is 2.00 bits per heavy atom. The van der Waals surface area contributed by atoms with Gasteiger partial charge < -0.3 is 10.1 Å². The third-order valence-corrected chi connectivity index (χ3v) is 5.50. The molecule has 1 fully saturated rings. The molecule has 1 heterocycles. The summed E-state index contributed by atoms with van der Waals surface area (Å²) < 4.78 is 5.53. The van der Waals surface area contributed by atoms with Gasteiger partial charge in [-0.05, 0) is 43.7 Å². The summed E-state index contributed by atoms with van der Waals surface area (Å²) in [6.07, 6.45) is 3.51. The fourth-order valence-corrected chi connectivity index (χ4v) is 3.90. The highest BCUT2D eigenvalue weighted by Gasteiger charge is 2.26. The highest BCUT2D eigenvalue weighted by atomic mass is 35.5. The maximum absolute atomic E-state index is 12.8. The Morgan fingerprint density at radius 3 is 2.75 bits per heavy atom. The molecule has 3 rings (SSSR count). The van der Waals surface area contributed by atoms with Gasteiger partial charge in [0.2, 0.25) is 5.91 Å². The van der Waals surface area contributed by atoms with Crippen LogP contribution in [0.25, 0.3) is 0 Å². The summed E-state index contributed by atoms with van der Waals surface area (Å²) >= 11 is 12.6. The molecule has 1 aliphatic rings. The Balaban J connectivity index is 1.61. The van der Waals surface area contributed by atoms with Crippen molar-refractivity contribution in [3.05, 3.63) is 70.7 Å². The molecule has 1 saturated heterocycles. The van der Waals surface area contributed by atoms with Crippen LogP contribution in [-0.4, -0.2) is 30.5 Å². The number of nitrogens with one attached hydrogen (secondary N) is 1. The van der Waals surface area contributed by atoms with Gasteiger partial charge in [0.15, 0.2) is 0 Å². The van der Waals surface area contributed by atoms with Crippen LogP contribution >= 0.6 is 23.2 Å². The second-order valence-electron chi connectivity index (χ2n) is 6.89. The smallest absolute Gasteiger partial charge is 0.228 e. The third kappa shape index (κ3) is 5.51. The van der Waals surface area contributed by atoms with Gasteiger partial charge in [-0.15, -0.1) is 0 Å². The quantitative estimate of drug-likeness (QED) is 0.611. The van der Waals surface area contributed by atoms with E-state index in [1.165, 1.54) is 0 Å². The summed E-state index contributed by atoms with van der Waals surface area (Å²) in [4.78, 5) is 15.0. The second-order valence-corrected chi connectivity index (χ2v) is 7.71. The van der Waals surface area contributed by atoms with Crippen LogP contribution in [0.5, 0.6) is 5.75 Å². The molecule has 1 unspecified atom stereocenters. The third-order valence-electron chi connectivity index (χ3n) is 4.79. The van der Waals surface area contributed by atoms with Crippen LogP contribution < -0.4 is 10.1 Å². The first-order valence-corrected chi connectivity index (χ1v) is 10.1. The van der Waals surface area contributed by atoms with Crippen molar-refractivity contribution in [1.29, 1.82) is 0 Å². The van der Waals surface area contributed by atoms with E-state index in [2.05, 4.69) is 16.8 Å². The number of hydrogen-bond donors (Lipinski definition) is 1. The van der Waals surface area contributed by atoms with E-state index in [1.54, 1.807) is 6.08 Å². The zero-order valence-electron chi connectivity index (χ0n) is 15.7. The lowest BCUT2D eigenvalue weighted by atomic mass is 9.96. The van der Waals surface area contributed by atoms with E-state index in [1.807, 2.05) is 42.5 Å². The summed E-state index contributed by atoms with van der Waals surface area (Å²) in [6.45, 7) is 6.32. The predicted octanol–water partition coefficient (Wildman–Crippen LogP) is 5.41. The fraction of sp³-hybridized carbons (Fsp3) is 0.318. The number of anilines is 1. The van der Waals surface area contributed by atoms with Crippen LogP contribution in [0, 0.1) is 5.92 Å². The minimum atomic E-state index is -0.0761. The van der Waals surface area contributed by atoms with E-state index in [0.717, 1.165) is 30.6 Å². The van der Waals surface area contributed by atoms with Gasteiger partial charge in [0.05, 0.1) is 5.92 Å². The number of nitrogens with zero attached hydrogens (tertiary/aromatic N) is 1. The van der Waals surface area contributed by atoms with E-state index in [4.69, 9.17) is 27.9 Å². The number of carbonyl (C=O) groups excluding carboxylic acids is 1. The molecule has 0 saturated carbocycles. The maximum Gasteiger partial charge on any atom is 0.228 e. The minimum absolute atomic E-state index is 0.0239. The highest BCUT2D eigenvalue weighted by molar-refractivity contribution is 6.35. The Hall–Kier alpha value is -2.01. The van der Waals surface area contributed by atoms with E-state index < -0.39 is 0 Å². The number of carbonyl (C=O) groups is 1. The molecule has 0 bridgehead atoms. The largest absolute Gasteiger partial charge is 0.489 e. The van der Waals surface area contributed by atoms with Gasteiger partial charge in [0.1, 0.15) is 12.4 Å². The average molecular weight is 419 g/mol. The lowest BCUT2D eigenvalue weighted by molar-refractivity contribution is -0.121. The van der Waals surface area contributed by atoms with E-state index in [9.17, 15) is 4.79 Å². The molecule has 4 nitrogen and oxygen atoms in total. The first kappa shape index (κ1) is 20.7. The molecule has 0 spiro atoms. The zero-order chi connectivity index (χ0) is 19.9.